The number of hydrogen-bond donors (Lipinski definition) is 3. The third-order valence-electron chi connectivity index (χ3n) is 4.47. The van der Waals surface area contributed by atoms with Crippen LogP contribution in [0.25, 0.3) is 5.69 Å². The summed E-state index contributed by atoms with van der Waals surface area (Å²) < 4.78 is 53.2. The van der Waals surface area contributed by atoms with Gasteiger partial charge in [-0.1, -0.05) is 0 Å². The van der Waals surface area contributed by atoms with Crippen LogP contribution in [0, 0.1) is 5.82 Å². The monoisotopic (exact) mass is 469 g/mol. The number of imide groups is 1. The fourth-order valence-corrected chi connectivity index (χ4v) is 3.72. The van der Waals surface area contributed by atoms with Crippen LogP contribution in [-0.2, 0) is 16.5 Å². The second kappa shape index (κ2) is 7.67. The molecule has 1 unspecified atom stereocenters. The lowest BCUT2D eigenvalue weighted by atomic mass is 9.94. The number of amides is 4. The summed E-state index contributed by atoms with van der Waals surface area (Å²) in [5.74, 6) is -2.47. The van der Waals surface area contributed by atoms with E-state index in [4.69, 9.17) is 0 Å². The summed E-state index contributed by atoms with van der Waals surface area (Å²) in [4.78, 5) is 40.1. The minimum atomic E-state index is -4.83. The summed E-state index contributed by atoms with van der Waals surface area (Å²) in [7, 11) is 0. The molecule has 15 heteroatoms. The molecule has 3 aromatic rings. The second-order valence-corrected chi connectivity index (χ2v) is 7.37. The van der Waals surface area contributed by atoms with Crippen LogP contribution in [0.5, 0.6) is 0 Å². The van der Waals surface area contributed by atoms with Gasteiger partial charge in [0, 0.05) is 0 Å². The van der Waals surface area contributed by atoms with Gasteiger partial charge in [-0.05, 0) is 24.3 Å². The van der Waals surface area contributed by atoms with Crippen molar-refractivity contribution in [2.24, 2.45) is 0 Å². The molecule has 2 aromatic heterocycles. The van der Waals surface area contributed by atoms with Crippen LogP contribution in [0.3, 0.4) is 0 Å². The van der Waals surface area contributed by atoms with Crippen LogP contribution < -0.4 is 16.0 Å². The minimum Gasteiger partial charge on any atom is -0.347 e. The first-order valence-electron chi connectivity index (χ1n) is 8.71. The van der Waals surface area contributed by atoms with Crippen LogP contribution in [0.15, 0.2) is 36.0 Å². The molecular formula is C17H11F4N7O3S. The maximum atomic E-state index is 13.4. The molecule has 0 aliphatic carbocycles. The fourth-order valence-electron chi connectivity index (χ4n) is 2.99. The van der Waals surface area contributed by atoms with Gasteiger partial charge >= 0.3 is 12.2 Å². The van der Waals surface area contributed by atoms with E-state index in [1.54, 1.807) is 0 Å². The number of alkyl halides is 3. The van der Waals surface area contributed by atoms with Gasteiger partial charge in [0.15, 0.2) is 11.2 Å². The molecule has 32 heavy (non-hydrogen) atoms. The molecule has 3 heterocycles. The van der Waals surface area contributed by atoms with E-state index in [-0.39, 0.29) is 17.0 Å². The average molecular weight is 469 g/mol. The molecule has 1 aliphatic heterocycles. The van der Waals surface area contributed by atoms with Crippen molar-refractivity contribution in [3.8, 4) is 5.69 Å². The van der Waals surface area contributed by atoms with Crippen molar-refractivity contribution < 1.29 is 31.9 Å². The number of halogens is 4. The van der Waals surface area contributed by atoms with Crippen LogP contribution in [0.1, 0.15) is 21.1 Å². The zero-order chi connectivity index (χ0) is 23.1. The maximum Gasteiger partial charge on any atom is 0.427 e. The highest BCUT2D eigenvalue weighted by Gasteiger charge is 2.54. The first-order valence-corrected chi connectivity index (χ1v) is 9.59. The molecule has 0 bridgehead atoms. The molecule has 0 spiro atoms. The van der Waals surface area contributed by atoms with E-state index in [0.717, 1.165) is 28.6 Å². The van der Waals surface area contributed by atoms with E-state index in [1.165, 1.54) is 12.1 Å². The standard InChI is InChI=1S/C17H11F4N7O3S/c18-8-1-3-9(4-2-8)28-24-5-10(27-28)13(29)22-6-16(14(30)25-15(31)26-16)11-12(17(19,20)21)32-7-23-11/h1-5,7H,6H2,(H,22,29)(H2,25,26,30,31). The van der Waals surface area contributed by atoms with Gasteiger partial charge in [0.05, 0.1) is 23.9 Å². The average Bonchev–Trinajstić information content (AvgIpc) is 3.45. The number of aromatic nitrogens is 4. The van der Waals surface area contributed by atoms with Crippen molar-refractivity contribution >= 4 is 29.2 Å². The number of benzene rings is 1. The summed E-state index contributed by atoms with van der Waals surface area (Å²) >= 11 is 0.245. The molecule has 1 aromatic carbocycles. The first-order chi connectivity index (χ1) is 15.1. The number of thiazole rings is 1. The largest absolute Gasteiger partial charge is 0.427 e. The molecule has 0 radical (unpaired) electrons. The third-order valence-corrected chi connectivity index (χ3v) is 5.34. The van der Waals surface area contributed by atoms with Gasteiger partial charge in [0.25, 0.3) is 11.8 Å². The highest BCUT2D eigenvalue weighted by molar-refractivity contribution is 7.09. The predicted molar refractivity (Wildman–Crippen MR) is 99.1 cm³/mol. The third kappa shape index (κ3) is 3.77. The molecule has 1 aliphatic rings. The lowest BCUT2D eigenvalue weighted by Crippen LogP contribution is -2.53. The Kier molecular flexibility index (Phi) is 5.12. The molecule has 1 saturated heterocycles. The number of hydrogen-bond acceptors (Lipinski definition) is 7. The number of carbonyl (C=O) groups is 3. The van der Waals surface area contributed by atoms with Gasteiger partial charge in [0.2, 0.25) is 0 Å². The Bertz CT molecular complexity index is 1210. The zero-order valence-corrected chi connectivity index (χ0v) is 16.4. The van der Waals surface area contributed by atoms with Crippen LogP contribution in [0.2, 0.25) is 0 Å². The van der Waals surface area contributed by atoms with Crippen molar-refractivity contribution in [3.63, 3.8) is 0 Å². The lowest BCUT2D eigenvalue weighted by Gasteiger charge is -2.26. The van der Waals surface area contributed by atoms with E-state index in [1.807, 2.05) is 5.32 Å². The van der Waals surface area contributed by atoms with Gasteiger partial charge < -0.3 is 10.6 Å². The van der Waals surface area contributed by atoms with Gasteiger partial charge in [0.1, 0.15) is 16.4 Å². The van der Waals surface area contributed by atoms with E-state index in [2.05, 4.69) is 25.8 Å². The number of nitrogens with zero attached hydrogens (tertiary/aromatic N) is 4. The molecule has 166 valence electrons. The Morgan fingerprint density at radius 3 is 2.56 bits per heavy atom. The summed E-state index contributed by atoms with van der Waals surface area (Å²) in [6, 6.07) is 4.02. The Morgan fingerprint density at radius 2 is 1.94 bits per heavy atom. The summed E-state index contributed by atoms with van der Waals surface area (Å²) in [6.07, 6.45) is -3.76. The second-order valence-electron chi connectivity index (χ2n) is 6.52. The van der Waals surface area contributed by atoms with Crippen molar-refractivity contribution in [3.05, 3.63) is 58.1 Å². The molecule has 0 saturated carbocycles. The van der Waals surface area contributed by atoms with Gasteiger partial charge in [-0.15, -0.1) is 16.4 Å². The molecule has 1 atom stereocenters. The van der Waals surface area contributed by atoms with Crippen molar-refractivity contribution in [1.82, 2.24) is 35.9 Å². The zero-order valence-electron chi connectivity index (χ0n) is 15.6. The van der Waals surface area contributed by atoms with Gasteiger partial charge in [-0.25, -0.2) is 14.2 Å². The SMILES string of the molecule is O=C1NC(=O)C(CNC(=O)c2cnn(-c3ccc(F)cc3)n2)(c2ncsc2C(F)(F)F)N1. The van der Waals surface area contributed by atoms with Crippen molar-refractivity contribution in [1.29, 1.82) is 0 Å². The number of carbonyl (C=O) groups excluding carboxylic acids is 3. The summed E-state index contributed by atoms with van der Waals surface area (Å²) in [6.45, 7) is -0.736. The summed E-state index contributed by atoms with van der Waals surface area (Å²) in [5.41, 5.74) is -2.02. The number of nitrogens with one attached hydrogen (secondary N) is 3. The Morgan fingerprint density at radius 1 is 1.22 bits per heavy atom. The van der Waals surface area contributed by atoms with E-state index in [0.29, 0.717) is 5.69 Å². The quantitative estimate of drug-likeness (QED) is 0.382. The fraction of sp³-hybridized carbons (Fsp3) is 0.176. The van der Waals surface area contributed by atoms with Crippen LogP contribution in [0.4, 0.5) is 22.4 Å². The Balaban J connectivity index is 1.58. The molecule has 4 amide bonds. The number of rotatable bonds is 5. The molecule has 10 nitrogen and oxygen atoms in total. The van der Waals surface area contributed by atoms with Crippen LogP contribution in [-0.4, -0.2) is 44.4 Å². The maximum absolute atomic E-state index is 13.4. The molecular weight excluding hydrogens is 458 g/mol. The van der Waals surface area contributed by atoms with E-state index >= 15 is 0 Å². The lowest BCUT2D eigenvalue weighted by molar-refractivity contribution is -0.136. The molecule has 3 N–H and O–H groups in total. The smallest absolute Gasteiger partial charge is 0.347 e. The van der Waals surface area contributed by atoms with E-state index in [9.17, 15) is 31.9 Å². The molecule has 1 fully saturated rings. The Labute approximate surface area is 179 Å². The topological polar surface area (TPSA) is 131 Å². The Hall–Kier alpha value is -3.88. The summed E-state index contributed by atoms with van der Waals surface area (Å²) in [5, 5.41) is 14.1. The van der Waals surface area contributed by atoms with Crippen LogP contribution >= 0.6 is 11.3 Å². The predicted octanol–water partition coefficient (Wildman–Crippen LogP) is 1.35. The highest BCUT2D eigenvalue weighted by Crippen LogP contribution is 2.39. The van der Waals surface area contributed by atoms with Crippen molar-refractivity contribution in [2.45, 2.75) is 11.7 Å². The molecule has 4 rings (SSSR count). The minimum absolute atomic E-state index is 0.233. The van der Waals surface area contributed by atoms with E-state index < -0.39 is 52.5 Å². The van der Waals surface area contributed by atoms with Crippen molar-refractivity contribution in [2.75, 3.05) is 6.54 Å². The number of urea groups is 1. The normalized spacial score (nSPS) is 18.4. The van der Waals surface area contributed by atoms with Gasteiger partial charge in [-0.2, -0.15) is 23.1 Å². The van der Waals surface area contributed by atoms with Gasteiger partial charge in [-0.3, -0.25) is 14.9 Å². The highest BCUT2D eigenvalue weighted by atomic mass is 32.1. The first kappa shape index (κ1) is 21.4.